The van der Waals surface area contributed by atoms with E-state index in [9.17, 15) is 4.79 Å². The number of benzene rings is 2. The highest BCUT2D eigenvalue weighted by Crippen LogP contribution is 2.39. The van der Waals surface area contributed by atoms with Crippen LogP contribution in [0, 0.1) is 5.92 Å². The Labute approximate surface area is 155 Å². The number of para-hydroxylation sites is 2. The zero-order valence-electron chi connectivity index (χ0n) is 15.3. The normalized spacial score (nSPS) is 23.2. The van der Waals surface area contributed by atoms with Crippen LogP contribution in [0.2, 0.25) is 0 Å². The average Bonchev–Trinajstić information content (AvgIpc) is 2.67. The van der Waals surface area contributed by atoms with Crippen molar-refractivity contribution in [3.05, 3.63) is 60.2 Å². The molecular formula is C22H26N2O2. The largest absolute Gasteiger partial charge is 0.489 e. The number of likely N-dealkylation sites (tertiary alicyclic amines) is 1. The van der Waals surface area contributed by atoms with Crippen molar-refractivity contribution in [3.63, 3.8) is 0 Å². The van der Waals surface area contributed by atoms with Crippen molar-refractivity contribution in [1.82, 2.24) is 4.90 Å². The number of anilines is 1. The van der Waals surface area contributed by atoms with Crippen molar-refractivity contribution < 1.29 is 9.53 Å². The van der Waals surface area contributed by atoms with Gasteiger partial charge in [-0.2, -0.15) is 0 Å². The van der Waals surface area contributed by atoms with Crippen LogP contribution in [0.25, 0.3) is 0 Å². The first-order valence-corrected chi connectivity index (χ1v) is 9.53. The third-order valence-corrected chi connectivity index (χ3v) is 5.39. The summed E-state index contributed by atoms with van der Waals surface area (Å²) >= 11 is 0. The van der Waals surface area contributed by atoms with Gasteiger partial charge in [0.05, 0.1) is 18.3 Å². The van der Waals surface area contributed by atoms with Gasteiger partial charge in [-0.1, -0.05) is 49.4 Å². The first-order valence-electron chi connectivity index (χ1n) is 9.53. The minimum Gasteiger partial charge on any atom is -0.489 e. The highest BCUT2D eigenvalue weighted by Gasteiger charge is 2.34. The summed E-state index contributed by atoms with van der Waals surface area (Å²) < 4.78 is 5.97. The van der Waals surface area contributed by atoms with E-state index in [4.69, 9.17) is 4.74 Å². The Balaban J connectivity index is 1.63. The third-order valence-electron chi connectivity index (χ3n) is 5.39. The van der Waals surface area contributed by atoms with Crippen molar-refractivity contribution in [2.75, 3.05) is 31.1 Å². The van der Waals surface area contributed by atoms with E-state index in [0.717, 1.165) is 30.1 Å². The Morgan fingerprint density at radius 2 is 1.88 bits per heavy atom. The average molecular weight is 350 g/mol. The molecule has 0 radical (unpaired) electrons. The summed E-state index contributed by atoms with van der Waals surface area (Å²) in [7, 11) is 0. The van der Waals surface area contributed by atoms with Gasteiger partial charge in [0.25, 0.3) is 0 Å². The first kappa shape index (κ1) is 17.1. The smallest absolute Gasteiger partial charge is 0.241 e. The molecule has 0 spiro atoms. The molecule has 2 heterocycles. The predicted molar refractivity (Wildman–Crippen MR) is 103 cm³/mol. The number of rotatable bonds is 3. The molecule has 1 fully saturated rings. The minimum absolute atomic E-state index is 0.0826. The molecule has 2 aromatic rings. The lowest BCUT2D eigenvalue weighted by Crippen LogP contribution is -2.47. The molecule has 0 aliphatic carbocycles. The van der Waals surface area contributed by atoms with Crippen molar-refractivity contribution in [2.45, 2.75) is 25.8 Å². The lowest BCUT2D eigenvalue weighted by Gasteiger charge is -2.39. The minimum atomic E-state index is -0.0826. The van der Waals surface area contributed by atoms with Crippen LogP contribution < -0.4 is 9.64 Å². The summed E-state index contributed by atoms with van der Waals surface area (Å²) in [6, 6.07) is 18.0. The van der Waals surface area contributed by atoms with Gasteiger partial charge in [0.1, 0.15) is 12.4 Å². The lowest BCUT2D eigenvalue weighted by atomic mass is 10.00. The molecule has 2 aliphatic rings. The highest BCUT2D eigenvalue weighted by atomic mass is 16.5. The molecule has 2 aromatic carbocycles. The molecular weight excluding hydrogens is 324 g/mol. The Kier molecular flexibility index (Phi) is 4.93. The number of piperidine rings is 1. The number of hydrogen-bond donors (Lipinski definition) is 0. The van der Waals surface area contributed by atoms with Crippen molar-refractivity contribution >= 4 is 11.6 Å². The quantitative estimate of drug-likeness (QED) is 0.842. The molecule has 0 aromatic heterocycles. The van der Waals surface area contributed by atoms with E-state index >= 15 is 0 Å². The van der Waals surface area contributed by atoms with Crippen molar-refractivity contribution in [2.24, 2.45) is 5.92 Å². The number of ether oxygens (including phenoxy) is 1. The van der Waals surface area contributed by atoms with Gasteiger partial charge in [-0.05, 0) is 43.0 Å². The monoisotopic (exact) mass is 350 g/mol. The SMILES string of the molecule is CC1CCCN(CC(=O)N2c3ccccc3OCC2c2ccccc2)C1. The first-order chi connectivity index (χ1) is 12.7. The summed E-state index contributed by atoms with van der Waals surface area (Å²) in [6.07, 6.45) is 2.44. The molecule has 2 atom stereocenters. The highest BCUT2D eigenvalue weighted by molar-refractivity contribution is 5.97. The fraction of sp³-hybridized carbons (Fsp3) is 0.409. The molecule has 4 rings (SSSR count). The molecule has 1 amide bonds. The van der Waals surface area contributed by atoms with Gasteiger partial charge in [0.2, 0.25) is 5.91 Å². The zero-order valence-corrected chi connectivity index (χ0v) is 15.3. The predicted octanol–water partition coefficient (Wildman–Crippen LogP) is 3.89. The molecule has 0 bridgehead atoms. The van der Waals surface area contributed by atoms with Crippen molar-refractivity contribution in [3.8, 4) is 5.75 Å². The number of fused-ring (bicyclic) bond motifs is 1. The van der Waals surface area contributed by atoms with Crippen LogP contribution in [0.1, 0.15) is 31.4 Å². The Morgan fingerprint density at radius 1 is 1.12 bits per heavy atom. The van der Waals surface area contributed by atoms with E-state index in [1.165, 1.54) is 12.8 Å². The molecule has 26 heavy (non-hydrogen) atoms. The molecule has 1 saturated heterocycles. The number of amides is 1. The van der Waals surface area contributed by atoms with Gasteiger partial charge in [-0.15, -0.1) is 0 Å². The van der Waals surface area contributed by atoms with E-state index in [-0.39, 0.29) is 11.9 Å². The summed E-state index contributed by atoms with van der Waals surface area (Å²) in [5, 5.41) is 0. The van der Waals surface area contributed by atoms with E-state index < -0.39 is 0 Å². The van der Waals surface area contributed by atoms with Crippen LogP contribution in [-0.2, 0) is 4.79 Å². The Hall–Kier alpha value is -2.33. The van der Waals surface area contributed by atoms with E-state index in [2.05, 4.69) is 24.0 Å². The molecule has 0 N–H and O–H groups in total. The van der Waals surface area contributed by atoms with Gasteiger partial charge in [-0.3, -0.25) is 14.6 Å². The summed E-state index contributed by atoms with van der Waals surface area (Å²) in [6.45, 7) is 5.25. The maximum atomic E-state index is 13.3. The van der Waals surface area contributed by atoms with Crippen LogP contribution in [-0.4, -0.2) is 37.0 Å². The molecule has 4 heteroatoms. The number of hydrogen-bond acceptors (Lipinski definition) is 3. The topological polar surface area (TPSA) is 32.8 Å². The molecule has 2 aliphatic heterocycles. The fourth-order valence-electron chi connectivity index (χ4n) is 4.12. The molecule has 4 nitrogen and oxygen atoms in total. The zero-order chi connectivity index (χ0) is 17.9. The van der Waals surface area contributed by atoms with Gasteiger partial charge in [0, 0.05) is 6.54 Å². The number of nitrogens with zero attached hydrogens (tertiary/aromatic N) is 2. The van der Waals surface area contributed by atoms with Crippen LogP contribution >= 0.6 is 0 Å². The van der Waals surface area contributed by atoms with E-state index in [1.807, 2.05) is 47.4 Å². The summed E-state index contributed by atoms with van der Waals surface area (Å²) in [4.78, 5) is 17.6. The molecule has 0 saturated carbocycles. The number of carbonyl (C=O) groups is 1. The summed E-state index contributed by atoms with van der Waals surface area (Å²) in [5.41, 5.74) is 1.99. The Morgan fingerprint density at radius 3 is 2.69 bits per heavy atom. The fourth-order valence-corrected chi connectivity index (χ4v) is 4.12. The number of carbonyl (C=O) groups excluding carboxylic acids is 1. The van der Waals surface area contributed by atoms with Crippen molar-refractivity contribution in [1.29, 1.82) is 0 Å². The van der Waals surface area contributed by atoms with E-state index in [1.54, 1.807) is 0 Å². The van der Waals surface area contributed by atoms with Crippen LogP contribution in [0.4, 0.5) is 5.69 Å². The van der Waals surface area contributed by atoms with Gasteiger partial charge in [-0.25, -0.2) is 0 Å². The van der Waals surface area contributed by atoms with Crippen LogP contribution in [0.15, 0.2) is 54.6 Å². The van der Waals surface area contributed by atoms with Gasteiger partial charge in [0.15, 0.2) is 0 Å². The van der Waals surface area contributed by atoms with Gasteiger partial charge < -0.3 is 4.74 Å². The second kappa shape index (κ2) is 7.50. The second-order valence-electron chi connectivity index (χ2n) is 7.45. The van der Waals surface area contributed by atoms with Gasteiger partial charge >= 0.3 is 0 Å². The second-order valence-corrected chi connectivity index (χ2v) is 7.45. The summed E-state index contributed by atoms with van der Waals surface area (Å²) in [5.74, 6) is 1.61. The molecule has 136 valence electrons. The standard InChI is InChI=1S/C22H26N2O2/c1-17-8-7-13-23(14-17)15-22(25)24-19-11-5-6-12-21(19)26-16-20(24)18-9-3-2-4-10-18/h2-6,9-12,17,20H,7-8,13-16H2,1H3. The maximum Gasteiger partial charge on any atom is 0.241 e. The third kappa shape index (κ3) is 3.47. The lowest BCUT2D eigenvalue weighted by molar-refractivity contribution is -0.121. The molecule has 2 unspecified atom stereocenters. The van der Waals surface area contributed by atoms with Crippen LogP contribution in [0.5, 0.6) is 5.75 Å². The van der Waals surface area contributed by atoms with E-state index in [0.29, 0.717) is 19.1 Å². The Bertz CT molecular complexity index is 762. The maximum absolute atomic E-state index is 13.3. The van der Waals surface area contributed by atoms with Crippen LogP contribution in [0.3, 0.4) is 0 Å².